The molecule has 3 atom stereocenters. The van der Waals surface area contributed by atoms with Crippen LogP contribution < -0.4 is 0 Å². The van der Waals surface area contributed by atoms with Crippen LogP contribution in [0, 0.1) is 11.8 Å². The first-order valence-electron chi connectivity index (χ1n) is 9.66. The summed E-state index contributed by atoms with van der Waals surface area (Å²) in [5, 5.41) is 0. The number of hydrogen-bond donors (Lipinski definition) is 0. The third-order valence-electron chi connectivity index (χ3n) is 6.20. The van der Waals surface area contributed by atoms with Crippen LogP contribution in [0.1, 0.15) is 62.9 Å². The van der Waals surface area contributed by atoms with Crippen LogP contribution in [0.4, 0.5) is 0 Å². The van der Waals surface area contributed by atoms with Crippen molar-refractivity contribution in [3.05, 3.63) is 23.7 Å². The summed E-state index contributed by atoms with van der Waals surface area (Å²) in [5.41, 5.74) is 0. The topological polar surface area (TPSA) is 53.8 Å². The van der Waals surface area contributed by atoms with Gasteiger partial charge in [-0.1, -0.05) is 19.8 Å². The summed E-state index contributed by atoms with van der Waals surface area (Å²) >= 11 is 0. The molecule has 0 spiro atoms. The zero-order valence-corrected chi connectivity index (χ0v) is 15.2. The van der Waals surface area contributed by atoms with Gasteiger partial charge in [-0.3, -0.25) is 9.59 Å². The summed E-state index contributed by atoms with van der Waals surface area (Å²) in [6.45, 7) is 3.30. The summed E-state index contributed by atoms with van der Waals surface area (Å²) in [6.07, 6.45) is 6.15. The monoisotopic (exact) mass is 344 g/mol. The van der Waals surface area contributed by atoms with E-state index < -0.39 is 0 Å². The Morgan fingerprint density at radius 1 is 1.32 bits per heavy atom. The Hall–Kier alpha value is -1.78. The molecule has 1 aromatic rings. The van der Waals surface area contributed by atoms with E-state index in [-0.39, 0.29) is 17.7 Å². The van der Waals surface area contributed by atoms with Gasteiger partial charge in [0, 0.05) is 32.0 Å². The number of hydrogen-bond acceptors (Lipinski definition) is 3. The fourth-order valence-electron chi connectivity index (χ4n) is 4.49. The number of carbonyl (C=O) groups excluding carboxylic acids is 2. The van der Waals surface area contributed by atoms with Gasteiger partial charge in [-0.15, -0.1) is 0 Å². The Kier molecular flexibility index (Phi) is 4.34. The van der Waals surface area contributed by atoms with Crippen LogP contribution in [-0.4, -0.2) is 41.2 Å². The SMILES string of the molecule is C[C@@H]1C[C@H]1c1ccc(CN(C)C(=O)[C@H]2CC(=O)N(C3CCCC3)C2)o1. The summed E-state index contributed by atoms with van der Waals surface area (Å²) in [5.74, 6) is 3.17. The van der Waals surface area contributed by atoms with E-state index in [1.165, 1.54) is 19.3 Å². The minimum atomic E-state index is -0.198. The van der Waals surface area contributed by atoms with Gasteiger partial charge in [0.1, 0.15) is 11.5 Å². The summed E-state index contributed by atoms with van der Waals surface area (Å²) in [7, 11) is 1.81. The number of furan rings is 1. The third-order valence-corrected chi connectivity index (χ3v) is 6.20. The Balaban J connectivity index is 1.34. The molecule has 1 saturated heterocycles. The standard InChI is InChI=1S/C20H28N2O3/c1-13-9-17(13)18-8-7-16(25-18)12-21(2)20(24)14-10-19(23)22(11-14)15-5-3-4-6-15/h7-8,13-15,17H,3-6,9-12H2,1-2H3/t13-,14+,17-/m1/s1. The first kappa shape index (κ1) is 16.7. The van der Waals surface area contributed by atoms with Crippen molar-refractivity contribution < 1.29 is 14.0 Å². The summed E-state index contributed by atoms with van der Waals surface area (Å²) < 4.78 is 5.91. The second-order valence-electron chi connectivity index (χ2n) is 8.20. The van der Waals surface area contributed by atoms with Crippen LogP contribution in [0.25, 0.3) is 0 Å². The lowest BCUT2D eigenvalue weighted by molar-refractivity contribution is -0.135. The van der Waals surface area contributed by atoms with E-state index in [4.69, 9.17) is 4.42 Å². The van der Waals surface area contributed by atoms with Crippen LogP contribution in [-0.2, 0) is 16.1 Å². The van der Waals surface area contributed by atoms with Gasteiger partial charge < -0.3 is 14.2 Å². The Bertz CT molecular complexity index is 662. The molecule has 2 saturated carbocycles. The number of likely N-dealkylation sites (tertiary alicyclic amines) is 1. The minimum Gasteiger partial charge on any atom is -0.464 e. The minimum absolute atomic E-state index is 0.0617. The Labute approximate surface area is 149 Å². The molecule has 0 radical (unpaired) electrons. The maximum Gasteiger partial charge on any atom is 0.228 e. The highest BCUT2D eigenvalue weighted by atomic mass is 16.3. The summed E-state index contributed by atoms with van der Waals surface area (Å²) in [4.78, 5) is 28.8. The zero-order valence-electron chi connectivity index (χ0n) is 15.2. The largest absolute Gasteiger partial charge is 0.464 e. The van der Waals surface area contributed by atoms with Crippen molar-refractivity contribution in [1.29, 1.82) is 0 Å². The van der Waals surface area contributed by atoms with Crippen molar-refractivity contribution in [3.8, 4) is 0 Å². The molecular weight excluding hydrogens is 316 g/mol. The van der Waals surface area contributed by atoms with Crippen molar-refractivity contribution >= 4 is 11.8 Å². The van der Waals surface area contributed by atoms with E-state index in [2.05, 4.69) is 6.92 Å². The van der Waals surface area contributed by atoms with Gasteiger partial charge in [0.15, 0.2) is 0 Å². The van der Waals surface area contributed by atoms with Crippen LogP contribution in [0.15, 0.2) is 16.5 Å². The smallest absolute Gasteiger partial charge is 0.228 e. The molecule has 0 N–H and O–H groups in total. The molecular formula is C20H28N2O3. The zero-order chi connectivity index (χ0) is 17.6. The highest BCUT2D eigenvalue weighted by molar-refractivity contribution is 5.89. The van der Waals surface area contributed by atoms with Gasteiger partial charge >= 0.3 is 0 Å². The molecule has 5 heteroatoms. The second kappa shape index (κ2) is 6.50. The molecule has 3 fully saturated rings. The maximum atomic E-state index is 12.8. The molecule has 25 heavy (non-hydrogen) atoms. The quantitative estimate of drug-likeness (QED) is 0.824. The lowest BCUT2D eigenvalue weighted by Gasteiger charge is -2.25. The Morgan fingerprint density at radius 3 is 2.72 bits per heavy atom. The molecule has 2 aliphatic carbocycles. The van der Waals surface area contributed by atoms with E-state index in [0.717, 1.165) is 24.4 Å². The normalized spacial score (nSPS) is 29.4. The van der Waals surface area contributed by atoms with Crippen molar-refractivity contribution in [3.63, 3.8) is 0 Å². The van der Waals surface area contributed by atoms with E-state index >= 15 is 0 Å². The molecule has 136 valence electrons. The van der Waals surface area contributed by atoms with Gasteiger partial charge in [0.25, 0.3) is 0 Å². The molecule has 1 aromatic heterocycles. The fourth-order valence-corrected chi connectivity index (χ4v) is 4.49. The highest BCUT2D eigenvalue weighted by Crippen LogP contribution is 2.47. The highest BCUT2D eigenvalue weighted by Gasteiger charge is 2.40. The average molecular weight is 344 g/mol. The molecule has 3 aliphatic rings. The van der Waals surface area contributed by atoms with E-state index in [9.17, 15) is 9.59 Å². The van der Waals surface area contributed by atoms with E-state index in [1.807, 2.05) is 24.1 Å². The van der Waals surface area contributed by atoms with E-state index in [0.29, 0.717) is 37.4 Å². The van der Waals surface area contributed by atoms with Crippen LogP contribution in [0.2, 0.25) is 0 Å². The third kappa shape index (κ3) is 3.33. The fraction of sp³-hybridized carbons (Fsp3) is 0.700. The predicted molar refractivity (Wildman–Crippen MR) is 93.8 cm³/mol. The molecule has 1 aliphatic heterocycles. The second-order valence-corrected chi connectivity index (χ2v) is 8.20. The Morgan fingerprint density at radius 2 is 2.04 bits per heavy atom. The molecule has 2 heterocycles. The van der Waals surface area contributed by atoms with Crippen LogP contribution in [0.5, 0.6) is 0 Å². The maximum absolute atomic E-state index is 12.8. The first-order chi connectivity index (χ1) is 12.0. The van der Waals surface area contributed by atoms with Gasteiger partial charge in [-0.2, -0.15) is 0 Å². The number of rotatable bonds is 5. The molecule has 0 unspecified atom stereocenters. The number of nitrogens with zero attached hydrogens (tertiary/aromatic N) is 2. The van der Waals surface area contributed by atoms with Gasteiger partial charge in [-0.05, 0) is 37.3 Å². The molecule has 0 aromatic carbocycles. The molecule has 0 bridgehead atoms. The predicted octanol–water partition coefficient (Wildman–Crippen LogP) is 3.15. The van der Waals surface area contributed by atoms with Gasteiger partial charge in [0.05, 0.1) is 12.5 Å². The van der Waals surface area contributed by atoms with Gasteiger partial charge in [0.2, 0.25) is 11.8 Å². The molecule has 4 rings (SSSR count). The van der Waals surface area contributed by atoms with E-state index in [1.54, 1.807) is 4.90 Å². The van der Waals surface area contributed by atoms with Crippen molar-refractivity contribution in [2.45, 2.75) is 64.0 Å². The number of carbonyl (C=O) groups is 2. The average Bonchev–Trinajstić information content (AvgIpc) is 3.04. The van der Waals surface area contributed by atoms with Gasteiger partial charge in [-0.25, -0.2) is 0 Å². The lowest BCUT2D eigenvalue weighted by Crippen LogP contribution is -2.37. The molecule has 2 amide bonds. The first-order valence-corrected chi connectivity index (χ1v) is 9.66. The molecule has 5 nitrogen and oxygen atoms in total. The number of amides is 2. The van der Waals surface area contributed by atoms with Crippen molar-refractivity contribution in [2.75, 3.05) is 13.6 Å². The van der Waals surface area contributed by atoms with Crippen molar-refractivity contribution in [1.82, 2.24) is 9.80 Å². The van der Waals surface area contributed by atoms with Crippen LogP contribution in [0.3, 0.4) is 0 Å². The summed E-state index contributed by atoms with van der Waals surface area (Å²) in [6, 6.07) is 4.39. The van der Waals surface area contributed by atoms with Crippen LogP contribution >= 0.6 is 0 Å². The lowest BCUT2D eigenvalue weighted by atomic mass is 10.1. The van der Waals surface area contributed by atoms with Crippen molar-refractivity contribution in [2.24, 2.45) is 11.8 Å².